The maximum atomic E-state index is 12.2. The zero-order valence-corrected chi connectivity index (χ0v) is 16.6. The molecule has 0 bridgehead atoms. The number of nitrogens with zero attached hydrogens (tertiary/aromatic N) is 3. The molecular weight excluding hydrogens is 407 g/mol. The van der Waals surface area contributed by atoms with Crippen LogP contribution in [0.15, 0.2) is 48.8 Å². The summed E-state index contributed by atoms with van der Waals surface area (Å²) in [5, 5.41) is 0.227. The van der Waals surface area contributed by atoms with Crippen molar-refractivity contribution in [2.75, 3.05) is 26.3 Å². The Hall–Kier alpha value is -2.29. The van der Waals surface area contributed by atoms with E-state index in [9.17, 15) is 13.2 Å². The van der Waals surface area contributed by atoms with Gasteiger partial charge in [-0.25, -0.2) is 4.98 Å². The minimum Gasteiger partial charge on any atom is -0.406 e. The zero-order valence-electron chi connectivity index (χ0n) is 15.8. The van der Waals surface area contributed by atoms with Crippen LogP contribution in [0.1, 0.15) is 5.56 Å². The number of para-hydroxylation sites is 2. The monoisotopic (exact) mass is 427 g/mol. The van der Waals surface area contributed by atoms with Crippen LogP contribution in [0.3, 0.4) is 0 Å². The van der Waals surface area contributed by atoms with Gasteiger partial charge in [-0.2, -0.15) is 0 Å². The molecule has 0 saturated carbocycles. The molecule has 0 N–H and O–H groups in total. The molecule has 0 amide bonds. The molecule has 0 spiro atoms. The molecule has 1 saturated heterocycles. The maximum absolute atomic E-state index is 12.2. The molecule has 1 fully saturated rings. The van der Waals surface area contributed by atoms with Crippen LogP contribution in [0.25, 0.3) is 11.0 Å². The average Bonchev–Trinajstić information content (AvgIpc) is 3.03. The van der Waals surface area contributed by atoms with Crippen molar-refractivity contribution in [3.63, 3.8) is 0 Å². The summed E-state index contributed by atoms with van der Waals surface area (Å²) in [5.41, 5.74) is 2.93. The number of imidazole rings is 1. The molecule has 4 rings (SSSR count). The first kappa shape index (κ1) is 21.4. The highest BCUT2D eigenvalue weighted by molar-refractivity contribution is 6.30. The van der Waals surface area contributed by atoms with Crippen LogP contribution in [0, 0.1) is 0 Å². The van der Waals surface area contributed by atoms with Crippen molar-refractivity contribution in [3.05, 3.63) is 59.4 Å². The Morgan fingerprint density at radius 1 is 1.14 bits per heavy atom. The van der Waals surface area contributed by atoms with E-state index in [2.05, 4.69) is 20.7 Å². The van der Waals surface area contributed by atoms with Crippen LogP contribution in [0.4, 0.5) is 13.2 Å². The van der Waals surface area contributed by atoms with Crippen LogP contribution in [-0.2, 0) is 18.3 Å². The van der Waals surface area contributed by atoms with Crippen LogP contribution >= 0.6 is 11.6 Å². The van der Waals surface area contributed by atoms with Crippen molar-refractivity contribution in [1.82, 2.24) is 14.5 Å². The number of alkyl halides is 3. The third-order valence-electron chi connectivity index (χ3n) is 4.31. The van der Waals surface area contributed by atoms with Crippen molar-refractivity contribution in [1.29, 1.82) is 0 Å². The summed E-state index contributed by atoms with van der Waals surface area (Å²) < 4.78 is 47.6. The molecule has 3 aromatic rings. The number of benzene rings is 2. The van der Waals surface area contributed by atoms with Crippen molar-refractivity contribution < 1.29 is 22.6 Å². The molecule has 9 heteroatoms. The lowest BCUT2D eigenvalue weighted by atomic mass is 10.2. The van der Waals surface area contributed by atoms with Gasteiger partial charge in [0.25, 0.3) is 0 Å². The van der Waals surface area contributed by atoms with E-state index in [1.165, 1.54) is 11.6 Å². The van der Waals surface area contributed by atoms with Crippen LogP contribution in [-0.4, -0.2) is 47.1 Å². The second-order valence-corrected chi connectivity index (χ2v) is 7.01. The summed E-state index contributed by atoms with van der Waals surface area (Å²) in [6.07, 6.45) is -2.88. The van der Waals surface area contributed by atoms with E-state index in [0.29, 0.717) is 25.3 Å². The van der Waals surface area contributed by atoms with Crippen molar-refractivity contribution >= 4 is 22.6 Å². The highest BCUT2D eigenvalue weighted by atomic mass is 35.5. The molecule has 1 aliphatic heterocycles. The molecule has 0 atom stereocenters. The molecule has 0 unspecified atom stereocenters. The standard InChI is InChI=1S/C12H13ClF3NO2.C8H8N2/c13-10-5-9(8-17-1-3-18-4-2-17)6-11(7-10)19-12(14,15)16;1-10-6-9-7-4-2-3-5-8(7)10/h5-7H,1-4,8H2;2-6H,1H3. The first-order valence-corrected chi connectivity index (χ1v) is 9.39. The molecule has 0 radical (unpaired) electrons. The second-order valence-electron chi connectivity index (χ2n) is 6.58. The second kappa shape index (κ2) is 9.47. The van der Waals surface area contributed by atoms with E-state index in [1.807, 2.05) is 36.1 Å². The van der Waals surface area contributed by atoms with Gasteiger partial charge in [0.2, 0.25) is 0 Å². The number of aryl methyl sites for hydroxylation is 1. The highest BCUT2D eigenvalue weighted by Crippen LogP contribution is 2.27. The average molecular weight is 428 g/mol. The topological polar surface area (TPSA) is 39.5 Å². The highest BCUT2D eigenvalue weighted by Gasteiger charge is 2.31. The number of hydrogen-bond donors (Lipinski definition) is 0. The summed E-state index contributed by atoms with van der Waals surface area (Å²) in [4.78, 5) is 6.27. The zero-order chi connectivity index (χ0) is 20.9. The SMILES string of the molecule is Cn1cnc2ccccc21.FC(F)(F)Oc1cc(Cl)cc(CN2CCOCC2)c1. The van der Waals surface area contributed by atoms with Crippen LogP contribution in [0.2, 0.25) is 5.02 Å². The summed E-state index contributed by atoms with van der Waals surface area (Å²) in [5.74, 6) is -0.289. The first-order valence-electron chi connectivity index (χ1n) is 9.01. The van der Waals surface area contributed by atoms with E-state index in [4.69, 9.17) is 16.3 Å². The van der Waals surface area contributed by atoms with Gasteiger partial charge in [-0.3, -0.25) is 4.90 Å². The fourth-order valence-corrected chi connectivity index (χ4v) is 3.25. The van der Waals surface area contributed by atoms with Gasteiger partial charge >= 0.3 is 6.36 Å². The smallest absolute Gasteiger partial charge is 0.406 e. The number of morpholine rings is 1. The van der Waals surface area contributed by atoms with E-state index in [0.717, 1.165) is 24.7 Å². The fourth-order valence-electron chi connectivity index (χ4n) is 3.00. The predicted molar refractivity (Wildman–Crippen MR) is 105 cm³/mol. The van der Waals surface area contributed by atoms with Gasteiger partial charge in [0.05, 0.1) is 30.6 Å². The van der Waals surface area contributed by atoms with Gasteiger partial charge in [0.15, 0.2) is 0 Å². The normalized spacial score (nSPS) is 15.1. The van der Waals surface area contributed by atoms with E-state index in [-0.39, 0.29) is 10.8 Å². The van der Waals surface area contributed by atoms with Gasteiger partial charge in [-0.05, 0) is 35.9 Å². The third kappa shape index (κ3) is 6.62. The molecule has 2 heterocycles. The molecule has 2 aromatic carbocycles. The fraction of sp³-hybridized carbons (Fsp3) is 0.350. The Kier molecular flexibility index (Phi) is 7.00. The summed E-state index contributed by atoms with van der Waals surface area (Å²) >= 11 is 5.81. The summed E-state index contributed by atoms with van der Waals surface area (Å²) in [7, 11) is 2.00. The van der Waals surface area contributed by atoms with Crippen LogP contribution in [0.5, 0.6) is 5.75 Å². The number of fused-ring (bicyclic) bond motifs is 1. The minimum atomic E-state index is -4.71. The summed E-state index contributed by atoms with van der Waals surface area (Å²) in [6, 6.07) is 12.2. The Balaban J connectivity index is 0.000000200. The van der Waals surface area contributed by atoms with Gasteiger partial charge in [-0.1, -0.05) is 23.7 Å². The maximum Gasteiger partial charge on any atom is 0.573 e. The van der Waals surface area contributed by atoms with Gasteiger partial charge < -0.3 is 14.0 Å². The largest absolute Gasteiger partial charge is 0.573 e. The molecule has 0 aliphatic carbocycles. The number of halogens is 4. The number of aromatic nitrogens is 2. The van der Waals surface area contributed by atoms with Gasteiger partial charge in [-0.15, -0.1) is 13.2 Å². The quantitative estimate of drug-likeness (QED) is 0.610. The summed E-state index contributed by atoms with van der Waals surface area (Å²) in [6.45, 7) is 3.29. The van der Waals surface area contributed by atoms with Crippen molar-refractivity contribution in [3.8, 4) is 5.75 Å². The number of ether oxygens (including phenoxy) is 2. The Morgan fingerprint density at radius 2 is 1.86 bits per heavy atom. The Morgan fingerprint density at radius 3 is 2.55 bits per heavy atom. The van der Waals surface area contributed by atoms with Gasteiger partial charge in [0, 0.05) is 31.7 Å². The Labute approximate surface area is 171 Å². The molecule has 1 aliphatic rings. The lowest BCUT2D eigenvalue weighted by molar-refractivity contribution is -0.274. The van der Waals surface area contributed by atoms with Crippen molar-refractivity contribution in [2.45, 2.75) is 12.9 Å². The lowest BCUT2D eigenvalue weighted by Crippen LogP contribution is -2.35. The lowest BCUT2D eigenvalue weighted by Gasteiger charge is -2.26. The molecular formula is C20H21ClF3N3O2. The number of rotatable bonds is 3. The van der Waals surface area contributed by atoms with E-state index >= 15 is 0 Å². The van der Waals surface area contributed by atoms with E-state index in [1.54, 1.807) is 6.07 Å². The minimum absolute atomic E-state index is 0.227. The molecule has 1 aromatic heterocycles. The third-order valence-corrected chi connectivity index (χ3v) is 4.52. The number of hydrogen-bond acceptors (Lipinski definition) is 4. The first-order chi connectivity index (χ1) is 13.8. The molecule has 29 heavy (non-hydrogen) atoms. The van der Waals surface area contributed by atoms with Crippen LogP contribution < -0.4 is 4.74 Å². The Bertz CT molecular complexity index is 940. The van der Waals surface area contributed by atoms with Gasteiger partial charge in [0.1, 0.15) is 5.75 Å². The van der Waals surface area contributed by atoms with E-state index < -0.39 is 6.36 Å². The molecule has 156 valence electrons. The van der Waals surface area contributed by atoms with Crippen molar-refractivity contribution in [2.24, 2.45) is 7.05 Å². The predicted octanol–water partition coefficient (Wildman–Crippen LogP) is 4.64. The molecule has 5 nitrogen and oxygen atoms in total.